The first-order chi connectivity index (χ1) is 8.06. The van der Waals surface area contributed by atoms with E-state index in [1.165, 1.54) is 6.07 Å². The highest BCUT2D eigenvalue weighted by Gasteiger charge is 2.11. The molecule has 3 rings (SSSR count). The van der Waals surface area contributed by atoms with E-state index in [0.717, 1.165) is 22.0 Å². The Kier molecular flexibility index (Phi) is 2.00. The first-order valence-electron chi connectivity index (χ1n) is 5.13. The van der Waals surface area contributed by atoms with Crippen molar-refractivity contribution in [3.63, 3.8) is 0 Å². The molecular weight excluding hydrogens is 238 g/mol. The quantitative estimate of drug-likeness (QED) is 0.489. The van der Waals surface area contributed by atoms with Gasteiger partial charge in [0.1, 0.15) is 5.58 Å². The van der Waals surface area contributed by atoms with Crippen molar-refractivity contribution in [2.24, 2.45) is 0 Å². The summed E-state index contributed by atoms with van der Waals surface area (Å²) in [4.78, 5) is 14.6. The largest absolute Gasteiger partial charge is 0.429 e. The topological polar surface area (TPSA) is 59.1 Å². The number of H-pyrrole nitrogens is 1. The number of oxazole rings is 1. The fraction of sp³-hybridized carbons (Fsp3) is 0.167. The molecule has 0 atom stereocenters. The second-order valence-corrected chi connectivity index (χ2v) is 4.38. The maximum Gasteiger partial charge on any atom is 0.336 e. The van der Waals surface area contributed by atoms with Crippen molar-refractivity contribution in [3.8, 4) is 0 Å². The molecule has 4 nitrogen and oxygen atoms in total. The van der Waals surface area contributed by atoms with E-state index >= 15 is 0 Å². The Labute approximate surface area is 101 Å². The summed E-state index contributed by atoms with van der Waals surface area (Å²) in [6.07, 6.45) is 0. The molecule has 0 fully saturated rings. The lowest BCUT2D eigenvalue weighted by Crippen LogP contribution is -1.99. The maximum absolute atomic E-state index is 11.3. The van der Waals surface area contributed by atoms with Crippen LogP contribution in [-0.4, -0.2) is 4.98 Å². The minimum absolute atomic E-state index is 0.318. The van der Waals surface area contributed by atoms with Crippen LogP contribution in [0.15, 0.2) is 25.8 Å². The summed E-state index contributed by atoms with van der Waals surface area (Å²) in [7, 11) is 0. The SMILES string of the molecule is Cc1cc(=O)oc2cc3oc(=S)[nH]c3c(C)c12. The maximum atomic E-state index is 11.3. The normalized spacial score (nSPS) is 11.4. The van der Waals surface area contributed by atoms with Crippen LogP contribution >= 0.6 is 12.2 Å². The average molecular weight is 247 g/mol. The molecule has 0 spiro atoms. The van der Waals surface area contributed by atoms with Gasteiger partial charge in [-0.15, -0.1) is 0 Å². The smallest absolute Gasteiger partial charge is 0.336 e. The monoisotopic (exact) mass is 247 g/mol. The average Bonchev–Trinajstić information content (AvgIpc) is 2.57. The second kappa shape index (κ2) is 3.30. The molecule has 0 aliphatic heterocycles. The Hall–Kier alpha value is -1.88. The standard InChI is InChI=1S/C12H9NO3S/c1-5-3-9(14)15-7-4-8-11(6(2)10(5)7)13-12(17)16-8/h3-4H,1-2H3,(H,13,17). The van der Waals surface area contributed by atoms with Crippen LogP contribution in [0.25, 0.3) is 22.1 Å². The fourth-order valence-electron chi connectivity index (χ4n) is 2.18. The Morgan fingerprint density at radius 1 is 1.18 bits per heavy atom. The van der Waals surface area contributed by atoms with Crippen LogP contribution in [0.1, 0.15) is 11.1 Å². The molecule has 2 aromatic heterocycles. The summed E-state index contributed by atoms with van der Waals surface area (Å²) in [6.45, 7) is 3.82. The van der Waals surface area contributed by atoms with Crippen molar-refractivity contribution >= 4 is 34.3 Å². The number of aromatic amines is 1. The fourth-order valence-corrected chi connectivity index (χ4v) is 2.37. The lowest BCUT2D eigenvalue weighted by atomic mass is 10.0. The summed E-state index contributed by atoms with van der Waals surface area (Å²) >= 11 is 4.96. The molecule has 0 amide bonds. The molecular formula is C12H9NO3S. The minimum Gasteiger partial charge on any atom is -0.429 e. The third-order valence-electron chi connectivity index (χ3n) is 2.87. The molecule has 2 heterocycles. The molecule has 1 N–H and O–H groups in total. The zero-order valence-corrected chi connectivity index (χ0v) is 10.1. The Bertz CT molecular complexity index is 854. The lowest BCUT2D eigenvalue weighted by Gasteiger charge is -2.04. The Balaban J connectivity index is 2.67. The number of benzene rings is 1. The predicted octanol–water partition coefficient (Wildman–Crippen LogP) is 3.21. The van der Waals surface area contributed by atoms with E-state index in [-0.39, 0.29) is 5.63 Å². The van der Waals surface area contributed by atoms with E-state index < -0.39 is 0 Å². The lowest BCUT2D eigenvalue weighted by molar-refractivity contribution is 0.556. The molecule has 0 radical (unpaired) electrons. The number of aromatic nitrogens is 1. The van der Waals surface area contributed by atoms with Crippen molar-refractivity contribution in [3.05, 3.63) is 38.5 Å². The number of aryl methyl sites for hydroxylation is 2. The van der Waals surface area contributed by atoms with Crippen molar-refractivity contribution in [2.45, 2.75) is 13.8 Å². The first kappa shape index (κ1) is 10.3. The molecule has 5 heteroatoms. The van der Waals surface area contributed by atoms with Crippen molar-refractivity contribution in [1.29, 1.82) is 0 Å². The Morgan fingerprint density at radius 2 is 1.94 bits per heavy atom. The van der Waals surface area contributed by atoms with E-state index in [9.17, 15) is 4.79 Å². The van der Waals surface area contributed by atoms with Crippen LogP contribution in [0.3, 0.4) is 0 Å². The van der Waals surface area contributed by atoms with Gasteiger partial charge in [0.05, 0.1) is 5.52 Å². The van der Waals surface area contributed by atoms with Crippen LogP contribution < -0.4 is 5.63 Å². The molecule has 0 bridgehead atoms. The van der Waals surface area contributed by atoms with E-state index in [1.807, 2.05) is 13.8 Å². The van der Waals surface area contributed by atoms with Crippen molar-refractivity contribution < 1.29 is 8.83 Å². The number of rotatable bonds is 0. The molecule has 0 unspecified atom stereocenters. The predicted molar refractivity (Wildman–Crippen MR) is 66.9 cm³/mol. The van der Waals surface area contributed by atoms with Gasteiger partial charge in [-0.3, -0.25) is 0 Å². The van der Waals surface area contributed by atoms with E-state index in [4.69, 9.17) is 21.1 Å². The molecule has 0 saturated carbocycles. The summed E-state index contributed by atoms with van der Waals surface area (Å²) < 4.78 is 10.5. The van der Waals surface area contributed by atoms with E-state index in [1.54, 1.807) is 6.07 Å². The van der Waals surface area contributed by atoms with Gasteiger partial charge in [-0.2, -0.15) is 0 Å². The number of fused-ring (bicyclic) bond motifs is 2. The van der Waals surface area contributed by atoms with Crippen LogP contribution in [0.5, 0.6) is 0 Å². The third kappa shape index (κ3) is 1.43. The van der Waals surface area contributed by atoms with Gasteiger partial charge in [0.2, 0.25) is 0 Å². The molecule has 1 aromatic carbocycles. The molecule has 3 aromatic rings. The van der Waals surface area contributed by atoms with Gasteiger partial charge in [-0.25, -0.2) is 4.79 Å². The van der Waals surface area contributed by atoms with E-state index in [0.29, 0.717) is 16.0 Å². The summed E-state index contributed by atoms with van der Waals surface area (Å²) in [5.41, 5.74) is 3.48. The van der Waals surface area contributed by atoms with Crippen molar-refractivity contribution in [1.82, 2.24) is 4.98 Å². The van der Waals surface area contributed by atoms with E-state index in [2.05, 4.69) is 4.98 Å². The van der Waals surface area contributed by atoms with Gasteiger partial charge in [-0.05, 0) is 37.2 Å². The Morgan fingerprint density at radius 3 is 2.71 bits per heavy atom. The van der Waals surface area contributed by atoms with Gasteiger partial charge in [0.25, 0.3) is 4.84 Å². The van der Waals surface area contributed by atoms with Gasteiger partial charge in [0.15, 0.2) is 5.58 Å². The summed E-state index contributed by atoms with van der Waals surface area (Å²) in [5.74, 6) is 0. The summed E-state index contributed by atoms with van der Waals surface area (Å²) in [5, 5.41) is 0.921. The second-order valence-electron chi connectivity index (χ2n) is 4.01. The van der Waals surface area contributed by atoms with Gasteiger partial charge < -0.3 is 13.8 Å². The molecule has 86 valence electrons. The minimum atomic E-state index is -0.358. The molecule has 0 aliphatic carbocycles. The highest BCUT2D eigenvalue weighted by molar-refractivity contribution is 7.71. The zero-order valence-electron chi connectivity index (χ0n) is 9.29. The highest BCUT2D eigenvalue weighted by Crippen LogP contribution is 2.28. The van der Waals surface area contributed by atoms with Crippen LogP contribution in [-0.2, 0) is 0 Å². The van der Waals surface area contributed by atoms with Gasteiger partial charge in [-0.1, -0.05) is 0 Å². The highest BCUT2D eigenvalue weighted by atomic mass is 32.1. The number of nitrogens with one attached hydrogen (secondary N) is 1. The van der Waals surface area contributed by atoms with Gasteiger partial charge in [0, 0.05) is 17.5 Å². The molecule has 17 heavy (non-hydrogen) atoms. The third-order valence-corrected chi connectivity index (χ3v) is 3.06. The summed E-state index contributed by atoms with van der Waals surface area (Å²) in [6, 6.07) is 3.17. The number of hydrogen-bond acceptors (Lipinski definition) is 4. The van der Waals surface area contributed by atoms with Gasteiger partial charge >= 0.3 is 5.63 Å². The molecule has 0 saturated heterocycles. The van der Waals surface area contributed by atoms with Crippen LogP contribution in [0.2, 0.25) is 0 Å². The first-order valence-corrected chi connectivity index (χ1v) is 5.54. The number of hydrogen-bond donors (Lipinski definition) is 1. The zero-order chi connectivity index (χ0) is 12.2. The van der Waals surface area contributed by atoms with Crippen molar-refractivity contribution in [2.75, 3.05) is 0 Å². The molecule has 0 aliphatic rings. The van der Waals surface area contributed by atoms with Crippen LogP contribution in [0, 0.1) is 18.7 Å². The van der Waals surface area contributed by atoms with Crippen LogP contribution in [0.4, 0.5) is 0 Å².